The molecule has 11 heavy (non-hydrogen) atoms. The molecule has 0 amide bonds. The Morgan fingerprint density at radius 3 is 2.55 bits per heavy atom. The van der Waals surface area contributed by atoms with Crippen molar-refractivity contribution in [2.24, 2.45) is 17.6 Å². The Labute approximate surface area is 65.9 Å². The van der Waals surface area contributed by atoms with Gasteiger partial charge < -0.3 is 10.5 Å². The predicted octanol–water partition coefficient (Wildman–Crippen LogP) is -0.0608. The van der Waals surface area contributed by atoms with Gasteiger partial charge in [0.05, 0.1) is 19.1 Å². The smallest absolute Gasteiger partial charge is 0.142 e. The Bertz CT molecular complexity index is 177. The first-order chi connectivity index (χ1) is 5.29. The van der Waals surface area contributed by atoms with E-state index in [0.717, 1.165) is 12.8 Å². The first-order valence-corrected chi connectivity index (χ1v) is 4.16. The van der Waals surface area contributed by atoms with Crippen LogP contribution in [0.5, 0.6) is 0 Å². The number of hydrogen-bond donors (Lipinski definition) is 1. The van der Waals surface area contributed by atoms with Gasteiger partial charge in [-0.05, 0) is 12.8 Å². The Kier molecular flexibility index (Phi) is 1.69. The van der Waals surface area contributed by atoms with Crippen molar-refractivity contribution in [1.82, 2.24) is 0 Å². The standard InChI is InChI=1S/C8H13NO2/c9-7-4-11-3-6(7)8(10)5-1-2-5/h5-7H,1-4,9H2. The van der Waals surface area contributed by atoms with Crippen LogP contribution in [0.15, 0.2) is 0 Å². The van der Waals surface area contributed by atoms with Crippen LogP contribution in [0.1, 0.15) is 12.8 Å². The van der Waals surface area contributed by atoms with Gasteiger partial charge in [0.2, 0.25) is 0 Å². The van der Waals surface area contributed by atoms with Crippen LogP contribution in [-0.2, 0) is 9.53 Å². The molecule has 0 aromatic carbocycles. The maximum atomic E-state index is 11.5. The summed E-state index contributed by atoms with van der Waals surface area (Å²) in [5.74, 6) is 0.672. The molecule has 2 atom stereocenters. The summed E-state index contributed by atoms with van der Waals surface area (Å²) in [6, 6.07) is -0.0388. The van der Waals surface area contributed by atoms with E-state index in [1.54, 1.807) is 0 Å². The monoisotopic (exact) mass is 155 g/mol. The van der Waals surface area contributed by atoms with Gasteiger partial charge in [0.15, 0.2) is 0 Å². The predicted molar refractivity (Wildman–Crippen MR) is 40.0 cm³/mol. The molecule has 2 fully saturated rings. The third-order valence-electron chi connectivity index (χ3n) is 2.47. The zero-order valence-electron chi connectivity index (χ0n) is 6.45. The molecule has 1 saturated heterocycles. The van der Waals surface area contributed by atoms with Crippen molar-refractivity contribution in [3.63, 3.8) is 0 Å². The molecule has 0 radical (unpaired) electrons. The molecule has 0 spiro atoms. The fourth-order valence-corrected chi connectivity index (χ4v) is 1.53. The molecule has 0 bridgehead atoms. The highest BCUT2D eigenvalue weighted by molar-refractivity contribution is 5.86. The summed E-state index contributed by atoms with van der Waals surface area (Å²) in [6.45, 7) is 1.11. The topological polar surface area (TPSA) is 52.3 Å². The second kappa shape index (κ2) is 2.57. The van der Waals surface area contributed by atoms with E-state index >= 15 is 0 Å². The molecular formula is C8H13NO2. The van der Waals surface area contributed by atoms with Crippen molar-refractivity contribution < 1.29 is 9.53 Å². The number of carbonyl (C=O) groups excluding carboxylic acids is 1. The average Bonchev–Trinajstić information content (AvgIpc) is 2.74. The number of Topliss-reactive ketones (excluding diaryl/α,β-unsaturated/α-hetero) is 1. The molecule has 1 aliphatic heterocycles. The maximum Gasteiger partial charge on any atom is 0.142 e. The van der Waals surface area contributed by atoms with E-state index in [4.69, 9.17) is 10.5 Å². The normalized spacial score (nSPS) is 37.5. The van der Waals surface area contributed by atoms with Crippen LogP contribution < -0.4 is 5.73 Å². The molecule has 2 aliphatic rings. The second-order valence-electron chi connectivity index (χ2n) is 3.48. The van der Waals surface area contributed by atoms with Crippen LogP contribution in [0.2, 0.25) is 0 Å². The molecule has 1 heterocycles. The van der Waals surface area contributed by atoms with E-state index in [2.05, 4.69) is 0 Å². The highest BCUT2D eigenvalue weighted by Gasteiger charge is 2.39. The van der Waals surface area contributed by atoms with Crippen molar-refractivity contribution in [2.45, 2.75) is 18.9 Å². The Morgan fingerprint density at radius 2 is 2.09 bits per heavy atom. The Balaban J connectivity index is 1.96. The zero-order valence-corrected chi connectivity index (χ0v) is 6.45. The van der Waals surface area contributed by atoms with Gasteiger partial charge in [-0.3, -0.25) is 4.79 Å². The summed E-state index contributed by atoms with van der Waals surface area (Å²) in [4.78, 5) is 11.5. The van der Waals surface area contributed by atoms with Crippen LogP contribution in [0, 0.1) is 11.8 Å². The molecule has 2 unspecified atom stereocenters. The molecular weight excluding hydrogens is 142 g/mol. The Hall–Kier alpha value is -0.410. The van der Waals surface area contributed by atoms with Crippen molar-refractivity contribution in [2.75, 3.05) is 13.2 Å². The van der Waals surface area contributed by atoms with Crippen molar-refractivity contribution >= 4 is 5.78 Å². The number of nitrogens with two attached hydrogens (primary N) is 1. The van der Waals surface area contributed by atoms with E-state index in [0.29, 0.717) is 24.9 Å². The first kappa shape index (κ1) is 7.25. The van der Waals surface area contributed by atoms with Gasteiger partial charge in [-0.1, -0.05) is 0 Å². The summed E-state index contributed by atoms with van der Waals surface area (Å²) in [7, 11) is 0. The van der Waals surface area contributed by atoms with Crippen molar-refractivity contribution in [1.29, 1.82) is 0 Å². The number of hydrogen-bond acceptors (Lipinski definition) is 3. The minimum absolute atomic E-state index is 0.00231. The highest BCUT2D eigenvalue weighted by atomic mass is 16.5. The van der Waals surface area contributed by atoms with E-state index in [-0.39, 0.29) is 12.0 Å². The molecule has 0 aromatic rings. The van der Waals surface area contributed by atoms with Crippen LogP contribution in [0.3, 0.4) is 0 Å². The lowest BCUT2D eigenvalue weighted by Crippen LogP contribution is -2.34. The van der Waals surface area contributed by atoms with E-state index in [9.17, 15) is 4.79 Å². The van der Waals surface area contributed by atoms with Gasteiger partial charge in [0.25, 0.3) is 0 Å². The van der Waals surface area contributed by atoms with Gasteiger partial charge in [0, 0.05) is 12.0 Å². The lowest BCUT2D eigenvalue weighted by Gasteiger charge is -2.09. The fourth-order valence-electron chi connectivity index (χ4n) is 1.53. The summed E-state index contributed by atoms with van der Waals surface area (Å²) in [5, 5.41) is 0. The molecule has 1 saturated carbocycles. The molecule has 2 N–H and O–H groups in total. The fraction of sp³-hybridized carbons (Fsp3) is 0.875. The van der Waals surface area contributed by atoms with Gasteiger partial charge in [-0.15, -0.1) is 0 Å². The highest BCUT2D eigenvalue weighted by Crippen LogP contribution is 2.34. The third kappa shape index (κ3) is 1.30. The van der Waals surface area contributed by atoms with Gasteiger partial charge >= 0.3 is 0 Å². The van der Waals surface area contributed by atoms with E-state index in [1.165, 1.54) is 0 Å². The number of carbonyl (C=O) groups is 1. The molecule has 3 heteroatoms. The van der Waals surface area contributed by atoms with Gasteiger partial charge in [0.1, 0.15) is 5.78 Å². The summed E-state index contributed by atoms with van der Waals surface area (Å²) < 4.78 is 5.12. The molecule has 2 rings (SSSR count). The quantitative estimate of drug-likeness (QED) is 0.607. The van der Waals surface area contributed by atoms with E-state index < -0.39 is 0 Å². The summed E-state index contributed by atoms with van der Waals surface area (Å²) in [6.07, 6.45) is 2.14. The largest absolute Gasteiger partial charge is 0.379 e. The van der Waals surface area contributed by atoms with Crippen LogP contribution >= 0.6 is 0 Å². The third-order valence-corrected chi connectivity index (χ3v) is 2.47. The van der Waals surface area contributed by atoms with Crippen molar-refractivity contribution in [3.05, 3.63) is 0 Å². The minimum Gasteiger partial charge on any atom is -0.379 e. The lowest BCUT2D eigenvalue weighted by molar-refractivity contribution is -0.124. The lowest BCUT2D eigenvalue weighted by atomic mass is 9.96. The minimum atomic E-state index is -0.0388. The van der Waals surface area contributed by atoms with Crippen LogP contribution in [0.25, 0.3) is 0 Å². The van der Waals surface area contributed by atoms with E-state index in [1.807, 2.05) is 0 Å². The molecule has 1 aliphatic carbocycles. The van der Waals surface area contributed by atoms with Crippen LogP contribution in [-0.4, -0.2) is 25.0 Å². The number of ketones is 1. The average molecular weight is 155 g/mol. The number of rotatable bonds is 2. The van der Waals surface area contributed by atoms with Crippen molar-refractivity contribution in [3.8, 4) is 0 Å². The SMILES string of the molecule is NC1COCC1C(=O)C1CC1. The summed E-state index contributed by atoms with van der Waals surface area (Å²) >= 11 is 0. The zero-order chi connectivity index (χ0) is 7.84. The summed E-state index contributed by atoms with van der Waals surface area (Å²) in [5.41, 5.74) is 5.70. The second-order valence-corrected chi connectivity index (χ2v) is 3.48. The molecule has 62 valence electrons. The molecule has 0 aromatic heterocycles. The molecule has 3 nitrogen and oxygen atoms in total. The first-order valence-electron chi connectivity index (χ1n) is 4.16. The van der Waals surface area contributed by atoms with Gasteiger partial charge in [-0.2, -0.15) is 0 Å². The maximum absolute atomic E-state index is 11.5. The Morgan fingerprint density at radius 1 is 1.36 bits per heavy atom. The number of ether oxygens (including phenoxy) is 1. The van der Waals surface area contributed by atoms with Crippen LogP contribution in [0.4, 0.5) is 0 Å². The van der Waals surface area contributed by atoms with Gasteiger partial charge in [-0.25, -0.2) is 0 Å².